The van der Waals surface area contributed by atoms with Crippen molar-refractivity contribution in [3.63, 3.8) is 0 Å². The van der Waals surface area contributed by atoms with Crippen molar-refractivity contribution in [2.75, 3.05) is 32.7 Å². The Labute approximate surface area is 137 Å². The molecule has 0 aromatic heterocycles. The molecular weight excluding hydrogens is 358 g/mol. The van der Waals surface area contributed by atoms with Gasteiger partial charge in [-0.1, -0.05) is 27.5 Å². The first-order valence-corrected chi connectivity index (χ1v) is 7.89. The number of carbonyl (C=O) groups excluding carboxylic acids is 2. The van der Waals surface area contributed by atoms with Crippen LogP contribution in [-0.2, 0) is 4.79 Å². The molecular formula is C14H17BrClN3O2. The highest BCUT2D eigenvalue weighted by Crippen LogP contribution is 2.21. The predicted molar refractivity (Wildman–Crippen MR) is 85.3 cm³/mol. The van der Waals surface area contributed by atoms with Gasteiger partial charge in [0.15, 0.2) is 0 Å². The molecule has 1 aromatic carbocycles. The Morgan fingerprint density at radius 2 is 1.95 bits per heavy atom. The van der Waals surface area contributed by atoms with Crippen LogP contribution in [0.3, 0.4) is 0 Å². The predicted octanol–water partition coefficient (Wildman–Crippen LogP) is 1.74. The Morgan fingerprint density at radius 1 is 1.19 bits per heavy atom. The first kappa shape index (κ1) is 16.3. The third-order valence-corrected chi connectivity index (χ3v) is 4.04. The van der Waals surface area contributed by atoms with Crippen LogP contribution in [-0.4, -0.2) is 54.3 Å². The number of rotatable bonds is 3. The van der Waals surface area contributed by atoms with Crippen LogP contribution in [0.2, 0.25) is 5.02 Å². The van der Waals surface area contributed by atoms with E-state index in [0.29, 0.717) is 30.2 Å². The zero-order chi connectivity index (χ0) is 15.4. The van der Waals surface area contributed by atoms with Crippen LogP contribution in [0.15, 0.2) is 22.7 Å². The van der Waals surface area contributed by atoms with Crippen molar-refractivity contribution in [2.24, 2.45) is 5.73 Å². The number of carbonyl (C=O) groups is 2. The molecule has 1 heterocycles. The van der Waals surface area contributed by atoms with E-state index in [1.165, 1.54) is 0 Å². The van der Waals surface area contributed by atoms with Crippen molar-refractivity contribution in [3.8, 4) is 0 Å². The van der Waals surface area contributed by atoms with Gasteiger partial charge in [-0.2, -0.15) is 0 Å². The van der Waals surface area contributed by atoms with Gasteiger partial charge in [0.25, 0.3) is 5.91 Å². The third kappa shape index (κ3) is 4.69. The van der Waals surface area contributed by atoms with Gasteiger partial charge in [-0.25, -0.2) is 0 Å². The van der Waals surface area contributed by atoms with E-state index in [-0.39, 0.29) is 18.4 Å². The summed E-state index contributed by atoms with van der Waals surface area (Å²) >= 11 is 9.33. The van der Waals surface area contributed by atoms with Crippen molar-refractivity contribution >= 4 is 39.3 Å². The lowest BCUT2D eigenvalue weighted by Crippen LogP contribution is -2.38. The minimum absolute atomic E-state index is 0.0425. The summed E-state index contributed by atoms with van der Waals surface area (Å²) in [4.78, 5) is 27.3. The first-order chi connectivity index (χ1) is 9.95. The molecule has 2 N–H and O–H groups in total. The summed E-state index contributed by atoms with van der Waals surface area (Å²) in [5, 5.41) is 0.526. The fourth-order valence-electron chi connectivity index (χ4n) is 2.41. The first-order valence-electron chi connectivity index (χ1n) is 6.72. The maximum Gasteiger partial charge on any atom is 0.253 e. The lowest BCUT2D eigenvalue weighted by molar-refractivity contribution is -0.119. The van der Waals surface area contributed by atoms with E-state index in [2.05, 4.69) is 15.9 Å². The zero-order valence-electron chi connectivity index (χ0n) is 11.5. The highest BCUT2D eigenvalue weighted by atomic mass is 79.9. The maximum absolute atomic E-state index is 12.5. The number of hydrogen-bond acceptors (Lipinski definition) is 3. The van der Waals surface area contributed by atoms with Crippen LogP contribution in [0.25, 0.3) is 0 Å². The van der Waals surface area contributed by atoms with E-state index in [1.54, 1.807) is 23.1 Å². The quantitative estimate of drug-likeness (QED) is 0.876. The summed E-state index contributed by atoms with van der Waals surface area (Å²) in [7, 11) is 0. The number of primary amides is 1. The lowest BCUT2D eigenvalue weighted by atomic mass is 10.2. The summed E-state index contributed by atoms with van der Waals surface area (Å²) in [5.74, 6) is -0.382. The minimum Gasteiger partial charge on any atom is -0.369 e. The molecule has 1 aliphatic rings. The SMILES string of the molecule is NC(=O)CN1CCCN(C(=O)c2cc(Cl)cc(Br)c2)CC1. The largest absolute Gasteiger partial charge is 0.369 e. The fraction of sp³-hybridized carbons (Fsp3) is 0.429. The van der Waals surface area contributed by atoms with E-state index < -0.39 is 0 Å². The molecule has 21 heavy (non-hydrogen) atoms. The number of nitrogens with two attached hydrogens (primary N) is 1. The van der Waals surface area contributed by atoms with Gasteiger partial charge in [-0.3, -0.25) is 14.5 Å². The van der Waals surface area contributed by atoms with Crippen molar-refractivity contribution < 1.29 is 9.59 Å². The van der Waals surface area contributed by atoms with E-state index in [0.717, 1.165) is 17.4 Å². The Bertz CT molecular complexity index is 533. The van der Waals surface area contributed by atoms with Gasteiger partial charge >= 0.3 is 0 Å². The maximum atomic E-state index is 12.5. The molecule has 0 saturated carbocycles. The smallest absolute Gasteiger partial charge is 0.253 e. The van der Waals surface area contributed by atoms with E-state index in [9.17, 15) is 9.59 Å². The molecule has 1 aliphatic heterocycles. The molecule has 0 radical (unpaired) electrons. The number of nitrogens with zero attached hydrogens (tertiary/aromatic N) is 2. The fourth-order valence-corrected chi connectivity index (χ4v) is 3.27. The number of halogens is 2. The zero-order valence-corrected chi connectivity index (χ0v) is 13.9. The summed E-state index contributed by atoms with van der Waals surface area (Å²) in [5.41, 5.74) is 5.78. The van der Waals surface area contributed by atoms with Gasteiger partial charge in [0.1, 0.15) is 0 Å². The molecule has 1 saturated heterocycles. The minimum atomic E-state index is -0.339. The van der Waals surface area contributed by atoms with Crippen LogP contribution in [0.1, 0.15) is 16.8 Å². The van der Waals surface area contributed by atoms with E-state index in [4.69, 9.17) is 17.3 Å². The summed E-state index contributed by atoms with van der Waals surface area (Å²) < 4.78 is 0.781. The Kier molecular flexibility index (Phi) is 5.61. The van der Waals surface area contributed by atoms with Crippen LogP contribution in [0, 0.1) is 0 Å². The molecule has 5 nitrogen and oxygen atoms in total. The molecule has 2 amide bonds. The number of hydrogen-bond donors (Lipinski definition) is 1. The summed E-state index contributed by atoms with van der Waals surface area (Å²) in [6.07, 6.45) is 0.820. The summed E-state index contributed by atoms with van der Waals surface area (Å²) in [6, 6.07) is 5.18. The number of benzene rings is 1. The van der Waals surface area contributed by atoms with E-state index >= 15 is 0 Å². The van der Waals surface area contributed by atoms with Gasteiger partial charge in [-0.05, 0) is 24.6 Å². The summed E-state index contributed by atoms with van der Waals surface area (Å²) in [6.45, 7) is 2.90. The Hall–Kier alpha value is -1.11. The van der Waals surface area contributed by atoms with Crippen LogP contribution in [0.5, 0.6) is 0 Å². The van der Waals surface area contributed by atoms with Crippen LogP contribution in [0.4, 0.5) is 0 Å². The second-order valence-corrected chi connectivity index (χ2v) is 6.40. The molecule has 0 atom stereocenters. The molecule has 0 bridgehead atoms. The molecule has 0 spiro atoms. The standard InChI is InChI=1S/C14H17BrClN3O2/c15-11-6-10(7-12(16)8-11)14(21)19-3-1-2-18(4-5-19)9-13(17)20/h6-8H,1-5,9H2,(H2,17,20). The average Bonchev–Trinajstić information content (AvgIpc) is 2.61. The van der Waals surface area contributed by atoms with Crippen molar-refractivity contribution in [2.45, 2.75) is 6.42 Å². The van der Waals surface area contributed by atoms with Gasteiger partial charge in [0.05, 0.1) is 6.54 Å². The molecule has 0 aliphatic carbocycles. The van der Waals surface area contributed by atoms with E-state index in [1.807, 2.05) is 4.90 Å². The average molecular weight is 375 g/mol. The van der Waals surface area contributed by atoms with Crippen molar-refractivity contribution in [1.82, 2.24) is 9.80 Å². The van der Waals surface area contributed by atoms with Crippen molar-refractivity contribution in [3.05, 3.63) is 33.3 Å². The van der Waals surface area contributed by atoms with Crippen LogP contribution < -0.4 is 5.73 Å². The highest BCUT2D eigenvalue weighted by molar-refractivity contribution is 9.10. The molecule has 1 fully saturated rings. The second kappa shape index (κ2) is 7.24. The Balaban J connectivity index is 2.04. The normalized spacial score (nSPS) is 16.6. The number of amides is 2. The van der Waals surface area contributed by atoms with Crippen molar-refractivity contribution in [1.29, 1.82) is 0 Å². The van der Waals surface area contributed by atoms with Gasteiger partial charge in [0.2, 0.25) is 5.91 Å². The monoisotopic (exact) mass is 373 g/mol. The molecule has 7 heteroatoms. The second-order valence-electron chi connectivity index (χ2n) is 5.05. The van der Waals surface area contributed by atoms with Gasteiger partial charge < -0.3 is 10.6 Å². The topological polar surface area (TPSA) is 66.6 Å². The molecule has 114 valence electrons. The Morgan fingerprint density at radius 3 is 2.62 bits per heavy atom. The molecule has 2 rings (SSSR count). The highest BCUT2D eigenvalue weighted by Gasteiger charge is 2.21. The molecule has 0 unspecified atom stereocenters. The third-order valence-electron chi connectivity index (χ3n) is 3.36. The van der Waals surface area contributed by atoms with Crippen LogP contribution >= 0.6 is 27.5 Å². The van der Waals surface area contributed by atoms with Gasteiger partial charge in [0, 0.05) is 41.2 Å². The molecule has 1 aromatic rings. The van der Waals surface area contributed by atoms with Gasteiger partial charge in [-0.15, -0.1) is 0 Å². The lowest BCUT2D eigenvalue weighted by Gasteiger charge is -2.21.